The topological polar surface area (TPSA) is 49.5 Å². The Hall–Kier alpha value is -1.22. The number of nitrogens with zero attached hydrogens (tertiary/aromatic N) is 1. The molecule has 1 aromatic rings. The van der Waals surface area contributed by atoms with Crippen LogP contribution < -0.4 is 10.6 Å². The summed E-state index contributed by atoms with van der Waals surface area (Å²) < 4.78 is 0. The van der Waals surface area contributed by atoms with Crippen molar-refractivity contribution in [2.75, 3.05) is 23.8 Å². The maximum Gasteiger partial charge on any atom is 0.0606 e. The first kappa shape index (κ1) is 10.9. The molecule has 1 rings (SSSR count). The van der Waals surface area contributed by atoms with Gasteiger partial charge in [0.25, 0.3) is 0 Å². The van der Waals surface area contributed by atoms with Crippen LogP contribution in [0.25, 0.3) is 0 Å². The molecular formula is C11H18N2O. The lowest BCUT2D eigenvalue weighted by Crippen LogP contribution is -2.33. The van der Waals surface area contributed by atoms with E-state index in [1.165, 1.54) is 0 Å². The van der Waals surface area contributed by atoms with E-state index in [2.05, 4.69) is 18.7 Å². The van der Waals surface area contributed by atoms with Crippen LogP contribution in [-0.2, 0) is 0 Å². The van der Waals surface area contributed by atoms with Gasteiger partial charge in [-0.3, -0.25) is 0 Å². The van der Waals surface area contributed by atoms with Gasteiger partial charge in [-0.15, -0.1) is 0 Å². The second kappa shape index (κ2) is 4.86. The van der Waals surface area contributed by atoms with Crippen LogP contribution in [0, 0.1) is 0 Å². The molecule has 0 fully saturated rings. The minimum atomic E-state index is 0.160. The number of hydrogen-bond donors (Lipinski definition) is 2. The lowest BCUT2D eigenvalue weighted by Gasteiger charge is -2.28. The van der Waals surface area contributed by atoms with Crippen molar-refractivity contribution in [1.82, 2.24) is 0 Å². The molecule has 0 aliphatic carbocycles. The highest BCUT2D eigenvalue weighted by atomic mass is 16.3. The Labute approximate surface area is 85.2 Å². The van der Waals surface area contributed by atoms with E-state index in [9.17, 15) is 0 Å². The Balaban J connectivity index is 2.87. The fourth-order valence-electron chi connectivity index (χ4n) is 1.50. The van der Waals surface area contributed by atoms with Crippen LogP contribution in [0.15, 0.2) is 24.3 Å². The van der Waals surface area contributed by atoms with Gasteiger partial charge in [0, 0.05) is 24.0 Å². The number of nitrogen functional groups attached to an aromatic ring is 1. The highest BCUT2D eigenvalue weighted by molar-refractivity contribution is 5.56. The van der Waals surface area contributed by atoms with Crippen molar-refractivity contribution in [3.8, 4) is 0 Å². The van der Waals surface area contributed by atoms with Gasteiger partial charge in [0.15, 0.2) is 0 Å². The van der Waals surface area contributed by atoms with E-state index in [1.54, 1.807) is 0 Å². The molecule has 0 saturated heterocycles. The molecule has 1 aromatic carbocycles. The van der Waals surface area contributed by atoms with Crippen LogP contribution in [0.3, 0.4) is 0 Å². The average Bonchev–Trinajstić information content (AvgIpc) is 2.13. The Bertz CT molecular complexity index is 286. The summed E-state index contributed by atoms with van der Waals surface area (Å²) in [5.74, 6) is 0. The van der Waals surface area contributed by atoms with Gasteiger partial charge in [-0.05, 0) is 32.0 Å². The van der Waals surface area contributed by atoms with Crippen molar-refractivity contribution in [1.29, 1.82) is 0 Å². The molecule has 0 bridgehead atoms. The summed E-state index contributed by atoms with van der Waals surface area (Å²) in [7, 11) is 0. The van der Waals surface area contributed by atoms with E-state index in [-0.39, 0.29) is 6.61 Å². The largest absolute Gasteiger partial charge is 0.399 e. The van der Waals surface area contributed by atoms with E-state index < -0.39 is 0 Å². The summed E-state index contributed by atoms with van der Waals surface area (Å²) in [6.07, 6.45) is 0. The van der Waals surface area contributed by atoms with Crippen LogP contribution in [0.5, 0.6) is 0 Å². The van der Waals surface area contributed by atoms with Crippen molar-refractivity contribution in [2.24, 2.45) is 0 Å². The van der Waals surface area contributed by atoms with E-state index in [0.717, 1.165) is 11.4 Å². The first-order chi connectivity index (χ1) is 6.65. The summed E-state index contributed by atoms with van der Waals surface area (Å²) in [4.78, 5) is 2.12. The van der Waals surface area contributed by atoms with Crippen molar-refractivity contribution in [3.05, 3.63) is 24.3 Å². The number of rotatable bonds is 4. The Morgan fingerprint density at radius 3 is 2.64 bits per heavy atom. The molecule has 0 aliphatic rings. The van der Waals surface area contributed by atoms with E-state index in [4.69, 9.17) is 10.8 Å². The number of aliphatic hydroxyl groups is 1. The highest BCUT2D eigenvalue weighted by Crippen LogP contribution is 2.19. The third kappa shape index (κ3) is 2.64. The van der Waals surface area contributed by atoms with Gasteiger partial charge in [0.2, 0.25) is 0 Å². The monoisotopic (exact) mass is 194 g/mol. The van der Waals surface area contributed by atoms with Crippen molar-refractivity contribution in [2.45, 2.75) is 19.9 Å². The smallest absolute Gasteiger partial charge is 0.0606 e. The predicted octanol–water partition coefficient (Wildman–Crippen LogP) is 1.48. The maximum absolute atomic E-state index is 8.94. The fourth-order valence-corrected chi connectivity index (χ4v) is 1.50. The number of hydrogen-bond acceptors (Lipinski definition) is 3. The third-order valence-corrected chi connectivity index (χ3v) is 2.17. The summed E-state index contributed by atoms with van der Waals surface area (Å²) in [5.41, 5.74) is 7.52. The van der Waals surface area contributed by atoms with Crippen LogP contribution in [-0.4, -0.2) is 24.3 Å². The van der Waals surface area contributed by atoms with Crippen molar-refractivity contribution < 1.29 is 5.11 Å². The van der Waals surface area contributed by atoms with Gasteiger partial charge in [-0.1, -0.05) is 6.07 Å². The molecule has 0 unspecified atom stereocenters. The summed E-state index contributed by atoms with van der Waals surface area (Å²) >= 11 is 0. The quantitative estimate of drug-likeness (QED) is 0.714. The van der Waals surface area contributed by atoms with Gasteiger partial charge >= 0.3 is 0 Å². The molecule has 0 aromatic heterocycles. The number of benzene rings is 1. The maximum atomic E-state index is 8.94. The van der Waals surface area contributed by atoms with Gasteiger partial charge < -0.3 is 15.7 Å². The molecule has 3 nitrogen and oxygen atoms in total. The van der Waals surface area contributed by atoms with E-state index >= 15 is 0 Å². The minimum Gasteiger partial charge on any atom is -0.399 e. The standard InChI is InChI=1S/C11H18N2O/c1-9(2)13(6-7-14)11-5-3-4-10(12)8-11/h3-5,8-9,14H,6-7,12H2,1-2H3. The highest BCUT2D eigenvalue weighted by Gasteiger charge is 2.09. The van der Waals surface area contributed by atoms with E-state index in [0.29, 0.717) is 12.6 Å². The van der Waals surface area contributed by atoms with Crippen LogP contribution in [0.1, 0.15) is 13.8 Å². The van der Waals surface area contributed by atoms with Gasteiger partial charge in [-0.25, -0.2) is 0 Å². The first-order valence-electron chi connectivity index (χ1n) is 4.88. The zero-order valence-electron chi connectivity index (χ0n) is 8.77. The average molecular weight is 194 g/mol. The van der Waals surface area contributed by atoms with E-state index in [1.807, 2.05) is 24.3 Å². The number of nitrogens with two attached hydrogens (primary N) is 1. The molecule has 0 amide bonds. The molecular weight excluding hydrogens is 176 g/mol. The lowest BCUT2D eigenvalue weighted by atomic mass is 10.2. The zero-order valence-corrected chi connectivity index (χ0v) is 8.77. The molecule has 0 spiro atoms. The second-order valence-electron chi connectivity index (χ2n) is 3.61. The van der Waals surface area contributed by atoms with Crippen molar-refractivity contribution >= 4 is 11.4 Å². The minimum absolute atomic E-state index is 0.160. The van der Waals surface area contributed by atoms with Crippen LogP contribution >= 0.6 is 0 Å². The summed E-state index contributed by atoms with van der Waals surface area (Å²) in [5, 5.41) is 8.94. The second-order valence-corrected chi connectivity index (χ2v) is 3.61. The first-order valence-corrected chi connectivity index (χ1v) is 4.88. The fraction of sp³-hybridized carbons (Fsp3) is 0.455. The van der Waals surface area contributed by atoms with Crippen LogP contribution in [0.4, 0.5) is 11.4 Å². The van der Waals surface area contributed by atoms with Gasteiger partial charge in [-0.2, -0.15) is 0 Å². The summed E-state index contributed by atoms with van der Waals surface area (Å²) in [6.45, 7) is 4.99. The predicted molar refractivity (Wildman–Crippen MR) is 60.4 cm³/mol. The molecule has 0 atom stereocenters. The third-order valence-electron chi connectivity index (χ3n) is 2.17. The zero-order chi connectivity index (χ0) is 10.6. The molecule has 78 valence electrons. The SMILES string of the molecule is CC(C)N(CCO)c1cccc(N)c1. The Kier molecular flexibility index (Phi) is 3.77. The van der Waals surface area contributed by atoms with Gasteiger partial charge in [0.1, 0.15) is 0 Å². The molecule has 3 heteroatoms. The molecule has 3 N–H and O–H groups in total. The molecule has 14 heavy (non-hydrogen) atoms. The number of anilines is 2. The Morgan fingerprint density at radius 2 is 2.14 bits per heavy atom. The molecule has 0 saturated carbocycles. The molecule has 0 aliphatic heterocycles. The van der Waals surface area contributed by atoms with Crippen molar-refractivity contribution in [3.63, 3.8) is 0 Å². The normalized spacial score (nSPS) is 10.6. The van der Waals surface area contributed by atoms with Crippen LogP contribution in [0.2, 0.25) is 0 Å². The molecule has 0 radical (unpaired) electrons. The Morgan fingerprint density at radius 1 is 1.43 bits per heavy atom. The summed E-state index contributed by atoms with van der Waals surface area (Å²) in [6, 6.07) is 8.09. The molecule has 0 heterocycles. The lowest BCUT2D eigenvalue weighted by molar-refractivity contribution is 0.299. The van der Waals surface area contributed by atoms with Gasteiger partial charge in [0.05, 0.1) is 6.61 Å². The number of aliphatic hydroxyl groups excluding tert-OH is 1.